The molecule has 0 saturated heterocycles. The van der Waals surface area contributed by atoms with Gasteiger partial charge in [0, 0.05) is 16.7 Å². The number of carbonyl (C=O) groups excluding carboxylic acids is 1. The molecule has 2 heterocycles. The van der Waals surface area contributed by atoms with Crippen LogP contribution < -0.4 is 9.47 Å². The van der Waals surface area contributed by atoms with Crippen LogP contribution in [0.3, 0.4) is 0 Å². The zero-order valence-corrected chi connectivity index (χ0v) is 13.6. The molecule has 3 rings (SSSR count). The largest absolute Gasteiger partial charge is 0.493 e. The topological polar surface area (TPSA) is 136 Å². The van der Waals surface area contributed by atoms with Gasteiger partial charge in [0.05, 0.1) is 7.11 Å². The van der Waals surface area contributed by atoms with E-state index in [4.69, 9.17) is 19.5 Å². The summed E-state index contributed by atoms with van der Waals surface area (Å²) in [5.74, 6) is 0.495. The maximum absolute atomic E-state index is 11.7. The molecule has 0 aliphatic heterocycles. The van der Waals surface area contributed by atoms with E-state index in [2.05, 4.69) is 25.2 Å². The number of pyridine rings is 1. The summed E-state index contributed by atoms with van der Waals surface area (Å²) in [6.07, 6.45) is 1.62. The maximum Gasteiger partial charge on any atom is 0.264 e. The Morgan fingerprint density at radius 1 is 1.31 bits per heavy atom. The first-order valence-electron chi connectivity index (χ1n) is 7.35. The number of nitrogens with zero attached hydrogens (tertiary/aromatic N) is 6. The van der Waals surface area contributed by atoms with Crippen molar-refractivity contribution in [2.75, 3.05) is 7.11 Å². The second kappa shape index (κ2) is 7.77. The van der Waals surface area contributed by atoms with Crippen molar-refractivity contribution in [2.45, 2.75) is 6.61 Å². The van der Waals surface area contributed by atoms with E-state index in [1.165, 1.54) is 25.3 Å². The highest BCUT2D eigenvalue weighted by Gasteiger charge is 2.13. The molecule has 0 spiro atoms. The molecule has 2 aromatic heterocycles. The Morgan fingerprint density at radius 2 is 2.19 bits per heavy atom. The molecular weight excluding hydrogens is 340 g/mol. The van der Waals surface area contributed by atoms with Crippen molar-refractivity contribution in [3.63, 3.8) is 0 Å². The normalized spacial score (nSPS) is 10.0. The predicted molar refractivity (Wildman–Crippen MR) is 88.3 cm³/mol. The van der Waals surface area contributed by atoms with Crippen LogP contribution in [-0.4, -0.2) is 28.1 Å². The molecule has 3 aromatic rings. The van der Waals surface area contributed by atoms with Crippen LogP contribution in [0, 0.1) is 0 Å². The van der Waals surface area contributed by atoms with E-state index in [1.54, 1.807) is 18.3 Å². The van der Waals surface area contributed by atoms with Crippen LogP contribution in [-0.2, 0) is 6.61 Å². The van der Waals surface area contributed by atoms with Crippen molar-refractivity contribution >= 4 is 5.91 Å². The molecule has 0 radical (unpaired) electrons. The number of rotatable bonds is 6. The van der Waals surface area contributed by atoms with Crippen molar-refractivity contribution in [2.24, 2.45) is 5.11 Å². The molecule has 0 aliphatic carbocycles. The second-order valence-corrected chi connectivity index (χ2v) is 4.88. The van der Waals surface area contributed by atoms with E-state index in [-0.39, 0.29) is 23.8 Å². The molecule has 0 bridgehead atoms. The molecular formula is C16H12N6O4. The summed E-state index contributed by atoms with van der Waals surface area (Å²) >= 11 is 0. The molecule has 0 fully saturated rings. The number of carbonyl (C=O) groups is 1. The standard InChI is InChI=1S/C16H12N6O4/c1-24-12-6-5-10(16(23)20-22-17)8-13(12)25-9-14-19-15(21-26-14)11-4-2-3-7-18-11/h2-8H,9H2,1H3. The average Bonchev–Trinajstić information content (AvgIpc) is 3.16. The molecule has 0 unspecified atom stereocenters. The van der Waals surface area contributed by atoms with Crippen LogP contribution in [0.5, 0.6) is 11.5 Å². The van der Waals surface area contributed by atoms with Crippen molar-refractivity contribution in [1.82, 2.24) is 15.1 Å². The van der Waals surface area contributed by atoms with Gasteiger partial charge in [0.25, 0.3) is 5.89 Å². The van der Waals surface area contributed by atoms with Gasteiger partial charge in [-0.3, -0.25) is 9.78 Å². The number of benzene rings is 1. The number of amides is 1. The van der Waals surface area contributed by atoms with E-state index in [9.17, 15) is 4.79 Å². The Hall–Kier alpha value is -3.91. The lowest BCUT2D eigenvalue weighted by Crippen LogP contribution is -2.01. The smallest absolute Gasteiger partial charge is 0.264 e. The van der Waals surface area contributed by atoms with Gasteiger partial charge in [0.2, 0.25) is 11.7 Å². The van der Waals surface area contributed by atoms with Crippen LogP contribution in [0.25, 0.3) is 22.0 Å². The van der Waals surface area contributed by atoms with E-state index in [0.29, 0.717) is 17.3 Å². The van der Waals surface area contributed by atoms with Gasteiger partial charge in [-0.25, -0.2) is 0 Å². The first kappa shape index (κ1) is 16.9. The molecule has 1 amide bonds. The molecule has 26 heavy (non-hydrogen) atoms. The van der Waals surface area contributed by atoms with Gasteiger partial charge < -0.3 is 14.0 Å². The molecule has 1 aromatic carbocycles. The van der Waals surface area contributed by atoms with Crippen molar-refractivity contribution < 1.29 is 18.8 Å². The van der Waals surface area contributed by atoms with Crippen molar-refractivity contribution in [3.05, 3.63) is 64.5 Å². The summed E-state index contributed by atoms with van der Waals surface area (Å²) in [7, 11) is 1.46. The minimum absolute atomic E-state index is 0.0463. The van der Waals surface area contributed by atoms with Crippen LogP contribution >= 0.6 is 0 Å². The van der Waals surface area contributed by atoms with Crippen LogP contribution in [0.15, 0.2) is 52.2 Å². The first-order chi connectivity index (χ1) is 12.7. The summed E-state index contributed by atoms with van der Waals surface area (Å²) in [5, 5.41) is 6.89. The van der Waals surface area contributed by atoms with Gasteiger partial charge in [0.1, 0.15) is 5.69 Å². The lowest BCUT2D eigenvalue weighted by atomic mass is 10.2. The SMILES string of the molecule is COc1ccc(C(=O)N=[N+]=[N-])cc1OCc1nc(-c2ccccn2)no1. The van der Waals surface area contributed by atoms with Crippen molar-refractivity contribution in [1.29, 1.82) is 0 Å². The number of aromatic nitrogens is 3. The van der Waals surface area contributed by atoms with Crippen LogP contribution in [0.4, 0.5) is 0 Å². The highest BCUT2D eigenvalue weighted by atomic mass is 16.5. The summed E-state index contributed by atoms with van der Waals surface area (Å²) < 4.78 is 15.9. The van der Waals surface area contributed by atoms with E-state index in [0.717, 1.165) is 0 Å². The van der Waals surface area contributed by atoms with E-state index < -0.39 is 5.91 Å². The first-order valence-corrected chi connectivity index (χ1v) is 7.35. The molecule has 130 valence electrons. The third kappa shape index (κ3) is 3.77. The van der Waals surface area contributed by atoms with Gasteiger partial charge in [-0.15, -0.1) is 0 Å². The predicted octanol–water partition coefficient (Wildman–Crippen LogP) is 3.17. The summed E-state index contributed by atoms with van der Waals surface area (Å²) in [6.45, 7) is -0.0463. The fourth-order valence-electron chi connectivity index (χ4n) is 2.07. The van der Waals surface area contributed by atoms with Gasteiger partial charge >= 0.3 is 0 Å². The van der Waals surface area contributed by atoms with E-state index >= 15 is 0 Å². The average molecular weight is 352 g/mol. The monoisotopic (exact) mass is 352 g/mol. The minimum atomic E-state index is -0.727. The zero-order valence-electron chi connectivity index (χ0n) is 13.6. The molecule has 0 saturated carbocycles. The van der Waals surface area contributed by atoms with Crippen LogP contribution in [0.1, 0.15) is 16.2 Å². The third-order valence-corrected chi connectivity index (χ3v) is 3.26. The fraction of sp³-hybridized carbons (Fsp3) is 0.125. The number of methoxy groups -OCH3 is 1. The fourth-order valence-corrected chi connectivity index (χ4v) is 2.07. The highest BCUT2D eigenvalue weighted by molar-refractivity contribution is 5.95. The van der Waals surface area contributed by atoms with Gasteiger partial charge in [0.15, 0.2) is 18.1 Å². The summed E-state index contributed by atoms with van der Waals surface area (Å²) in [5.41, 5.74) is 9.10. The zero-order chi connectivity index (χ0) is 18.4. The Morgan fingerprint density at radius 3 is 2.92 bits per heavy atom. The summed E-state index contributed by atoms with van der Waals surface area (Å²) in [4.78, 5) is 22.5. The van der Waals surface area contributed by atoms with Gasteiger partial charge in [-0.05, 0) is 41.0 Å². The van der Waals surface area contributed by atoms with Gasteiger partial charge in [-0.1, -0.05) is 11.2 Å². The van der Waals surface area contributed by atoms with Gasteiger partial charge in [-0.2, -0.15) is 4.98 Å². The Bertz CT molecular complexity index is 966. The Labute approximate surface area is 147 Å². The molecule has 10 nitrogen and oxygen atoms in total. The minimum Gasteiger partial charge on any atom is -0.493 e. The maximum atomic E-state index is 11.7. The highest BCUT2D eigenvalue weighted by Crippen LogP contribution is 2.29. The number of ether oxygens (including phenoxy) is 2. The second-order valence-electron chi connectivity index (χ2n) is 4.88. The number of azide groups is 1. The third-order valence-electron chi connectivity index (χ3n) is 3.26. The Kier molecular flexibility index (Phi) is 5.06. The quantitative estimate of drug-likeness (QED) is 0.377. The molecule has 0 N–H and O–H groups in total. The molecule has 0 atom stereocenters. The number of hydrogen-bond donors (Lipinski definition) is 0. The lowest BCUT2D eigenvalue weighted by Gasteiger charge is -2.09. The van der Waals surface area contributed by atoms with Crippen molar-refractivity contribution in [3.8, 4) is 23.0 Å². The van der Waals surface area contributed by atoms with Crippen LogP contribution in [0.2, 0.25) is 0 Å². The molecule has 10 heteroatoms. The Balaban J connectivity index is 1.77. The van der Waals surface area contributed by atoms with E-state index in [1.807, 2.05) is 6.07 Å². The lowest BCUT2D eigenvalue weighted by molar-refractivity contribution is 0.0999. The number of hydrogen-bond acceptors (Lipinski definition) is 7. The molecule has 0 aliphatic rings. The summed E-state index contributed by atoms with van der Waals surface area (Å²) in [6, 6.07) is 9.75.